The van der Waals surface area contributed by atoms with E-state index in [9.17, 15) is 4.79 Å². The van der Waals surface area contributed by atoms with Gasteiger partial charge < -0.3 is 14.4 Å². The van der Waals surface area contributed by atoms with Crippen molar-refractivity contribution in [2.24, 2.45) is 0 Å². The molecule has 0 unspecified atom stereocenters. The predicted octanol–water partition coefficient (Wildman–Crippen LogP) is 3.75. The average molecular weight is 355 g/mol. The summed E-state index contributed by atoms with van der Waals surface area (Å²) >= 11 is 0. The molecular weight excluding hydrogens is 330 g/mol. The van der Waals surface area contributed by atoms with E-state index in [0.717, 1.165) is 28.1 Å². The minimum atomic E-state index is -0.521. The van der Waals surface area contributed by atoms with Crippen LogP contribution in [0.25, 0.3) is 11.3 Å². The summed E-state index contributed by atoms with van der Waals surface area (Å²) in [6, 6.07) is 8.41. The number of fused-ring (bicyclic) bond motifs is 1. The van der Waals surface area contributed by atoms with Crippen LogP contribution in [0, 0.1) is 6.92 Å². The molecule has 2 heterocycles. The molecule has 0 saturated carbocycles. The molecular formula is C20H25N3O3. The number of benzene rings is 1. The van der Waals surface area contributed by atoms with Crippen LogP contribution in [-0.2, 0) is 17.7 Å². The first-order chi connectivity index (χ1) is 12.3. The van der Waals surface area contributed by atoms with Gasteiger partial charge in [0.25, 0.3) is 0 Å². The number of hydrogen-bond acceptors (Lipinski definition) is 5. The van der Waals surface area contributed by atoms with E-state index in [0.29, 0.717) is 25.5 Å². The number of aryl methyl sites for hydroxylation is 1. The van der Waals surface area contributed by atoms with Gasteiger partial charge >= 0.3 is 12.1 Å². The SMILES string of the molecule is COc1nc2c(c(-c3ccccc3C)n1)CN(C(=O)OC(C)(C)C)CC2. The molecule has 1 amide bonds. The zero-order valence-corrected chi connectivity index (χ0v) is 16.0. The molecule has 138 valence electrons. The molecule has 0 fully saturated rings. The van der Waals surface area contributed by atoms with Gasteiger partial charge in [-0.15, -0.1) is 0 Å². The first kappa shape index (κ1) is 18.2. The van der Waals surface area contributed by atoms with E-state index in [1.807, 2.05) is 52.0 Å². The fourth-order valence-electron chi connectivity index (χ4n) is 3.03. The number of rotatable bonds is 2. The minimum absolute atomic E-state index is 0.310. The van der Waals surface area contributed by atoms with Gasteiger partial charge in [0.15, 0.2) is 0 Å². The van der Waals surface area contributed by atoms with Crippen molar-refractivity contribution in [2.75, 3.05) is 13.7 Å². The first-order valence-corrected chi connectivity index (χ1v) is 8.76. The van der Waals surface area contributed by atoms with Crippen LogP contribution in [0.15, 0.2) is 24.3 Å². The molecule has 0 spiro atoms. The fraction of sp³-hybridized carbons (Fsp3) is 0.450. The Morgan fingerprint density at radius 1 is 1.19 bits per heavy atom. The van der Waals surface area contributed by atoms with Gasteiger partial charge in [-0.25, -0.2) is 4.79 Å². The highest BCUT2D eigenvalue weighted by Crippen LogP contribution is 2.32. The summed E-state index contributed by atoms with van der Waals surface area (Å²) in [5.41, 5.74) is 4.32. The van der Waals surface area contributed by atoms with Gasteiger partial charge in [0.1, 0.15) is 5.60 Å². The highest BCUT2D eigenvalue weighted by Gasteiger charge is 2.29. The van der Waals surface area contributed by atoms with Crippen molar-refractivity contribution in [3.05, 3.63) is 41.1 Å². The van der Waals surface area contributed by atoms with E-state index in [1.165, 1.54) is 0 Å². The summed E-state index contributed by atoms with van der Waals surface area (Å²) in [5, 5.41) is 0. The second kappa shape index (κ2) is 6.94. The van der Waals surface area contributed by atoms with E-state index < -0.39 is 5.60 Å². The maximum atomic E-state index is 12.5. The standard InChI is InChI=1S/C20H25N3O3/c1-13-8-6-7-9-14(13)17-15-12-23(19(24)26-20(2,3)4)11-10-16(15)21-18(22-17)25-5/h6-9H,10-12H2,1-5H3. The van der Waals surface area contributed by atoms with Gasteiger partial charge in [-0.3, -0.25) is 0 Å². The number of carbonyl (C=O) groups excluding carboxylic acids is 1. The third-order valence-corrected chi connectivity index (χ3v) is 4.27. The molecule has 3 rings (SSSR count). The highest BCUT2D eigenvalue weighted by atomic mass is 16.6. The predicted molar refractivity (Wildman–Crippen MR) is 99.1 cm³/mol. The van der Waals surface area contributed by atoms with E-state index in [1.54, 1.807) is 12.0 Å². The normalized spacial score (nSPS) is 14.0. The largest absolute Gasteiger partial charge is 0.467 e. The molecule has 0 radical (unpaired) electrons. The maximum absolute atomic E-state index is 12.5. The van der Waals surface area contributed by atoms with Crippen LogP contribution >= 0.6 is 0 Å². The molecule has 1 aliphatic rings. The summed E-state index contributed by atoms with van der Waals surface area (Å²) in [6.45, 7) is 8.65. The van der Waals surface area contributed by atoms with Crippen molar-refractivity contribution >= 4 is 6.09 Å². The van der Waals surface area contributed by atoms with E-state index in [2.05, 4.69) is 9.97 Å². The Bertz CT molecular complexity index is 828. The van der Waals surface area contributed by atoms with Crippen LogP contribution in [0.1, 0.15) is 37.6 Å². The Kier molecular flexibility index (Phi) is 4.85. The maximum Gasteiger partial charge on any atom is 0.410 e. The summed E-state index contributed by atoms with van der Waals surface area (Å²) in [4.78, 5) is 23.3. The second-order valence-corrected chi connectivity index (χ2v) is 7.45. The number of carbonyl (C=O) groups is 1. The number of aromatic nitrogens is 2. The van der Waals surface area contributed by atoms with Crippen molar-refractivity contribution in [1.29, 1.82) is 0 Å². The Morgan fingerprint density at radius 3 is 2.58 bits per heavy atom. The Labute approximate surface area is 154 Å². The Balaban J connectivity index is 2.01. The minimum Gasteiger partial charge on any atom is -0.467 e. The molecule has 6 nitrogen and oxygen atoms in total. The van der Waals surface area contributed by atoms with Gasteiger partial charge in [0.2, 0.25) is 0 Å². The van der Waals surface area contributed by atoms with Gasteiger partial charge in [0, 0.05) is 24.1 Å². The van der Waals surface area contributed by atoms with Crippen LogP contribution in [0.3, 0.4) is 0 Å². The molecule has 0 aliphatic carbocycles. The lowest BCUT2D eigenvalue weighted by molar-refractivity contribution is 0.0223. The quantitative estimate of drug-likeness (QED) is 0.821. The average Bonchev–Trinajstić information content (AvgIpc) is 2.59. The molecule has 0 N–H and O–H groups in total. The van der Waals surface area contributed by atoms with Crippen molar-refractivity contribution < 1.29 is 14.3 Å². The second-order valence-electron chi connectivity index (χ2n) is 7.45. The lowest BCUT2D eigenvalue weighted by Crippen LogP contribution is -2.40. The number of nitrogens with zero attached hydrogens (tertiary/aromatic N) is 3. The molecule has 0 atom stereocenters. The number of ether oxygens (including phenoxy) is 2. The van der Waals surface area contributed by atoms with Gasteiger partial charge in [-0.2, -0.15) is 9.97 Å². The molecule has 1 aromatic carbocycles. The smallest absolute Gasteiger partial charge is 0.410 e. The fourth-order valence-corrected chi connectivity index (χ4v) is 3.03. The van der Waals surface area contributed by atoms with Crippen molar-refractivity contribution in [3.8, 4) is 17.3 Å². The van der Waals surface area contributed by atoms with Gasteiger partial charge in [-0.05, 0) is 33.3 Å². The molecule has 0 saturated heterocycles. The number of hydrogen-bond donors (Lipinski definition) is 0. The van der Waals surface area contributed by atoms with Crippen LogP contribution in [0.2, 0.25) is 0 Å². The van der Waals surface area contributed by atoms with E-state index >= 15 is 0 Å². The monoisotopic (exact) mass is 355 g/mol. The molecule has 0 bridgehead atoms. The van der Waals surface area contributed by atoms with Crippen LogP contribution in [-0.4, -0.2) is 40.2 Å². The molecule has 6 heteroatoms. The van der Waals surface area contributed by atoms with Gasteiger partial charge in [-0.1, -0.05) is 24.3 Å². The summed E-state index contributed by atoms with van der Waals surface area (Å²) < 4.78 is 10.8. The zero-order chi connectivity index (χ0) is 18.9. The van der Waals surface area contributed by atoms with Crippen molar-refractivity contribution in [1.82, 2.24) is 14.9 Å². The van der Waals surface area contributed by atoms with Crippen molar-refractivity contribution in [2.45, 2.75) is 46.3 Å². The summed E-state index contributed by atoms with van der Waals surface area (Å²) in [7, 11) is 1.57. The highest BCUT2D eigenvalue weighted by molar-refractivity contribution is 5.72. The molecule has 2 aromatic rings. The molecule has 1 aliphatic heterocycles. The zero-order valence-electron chi connectivity index (χ0n) is 16.0. The Morgan fingerprint density at radius 2 is 1.92 bits per heavy atom. The summed E-state index contributed by atoms with van der Waals surface area (Å²) in [5.74, 6) is 0. The molecule has 26 heavy (non-hydrogen) atoms. The van der Waals surface area contributed by atoms with Crippen LogP contribution in [0.4, 0.5) is 4.79 Å². The number of amides is 1. The van der Waals surface area contributed by atoms with Crippen molar-refractivity contribution in [3.63, 3.8) is 0 Å². The third kappa shape index (κ3) is 3.79. The van der Waals surface area contributed by atoms with E-state index in [4.69, 9.17) is 9.47 Å². The lowest BCUT2D eigenvalue weighted by atomic mass is 9.97. The summed E-state index contributed by atoms with van der Waals surface area (Å²) in [6.07, 6.45) is 0.335. The third-order valence-electron chi connectivity index (χ3n) is 4.27. The lowest BCUT2D eigenvalue weighted by Gasteiger charge is -2.31. The topological polar surface area (TPSA) is 64.6 Å². The molecule has 1 aromatic heterocycles. The first-order valence-electron chi connectivity index (χ1n) is 8.76. The van der Waals surface area contributed by atoms with Crippen LogP contribution in [0.5, 0.6) is 6.01 Å². The van der Waals surface area contributed by atoms with Gasteiger partial charge in [0.05, 0.1) is 25.0 Å². The Hall–Kier alpha value is -2.63. The van der Waals surface area contributed by atoms with E-state index in [-0.39, 0.29) is 6.09 Å². The van der Waals surface area contributed by atoms with Crippen LogP contribution < -0.4 is 4.74 Å². The number of methoxy groups -OCH3 is 1.